The van der Waals surface area contributed by atoms with Crippen LogP contribution < -0.4 is 5.32 Å². The molecule has 1 aromatic heterocycles. The molecular formula is C18H26N2. The van der Waals surface area contributed by atoms with Gasteiger partial charge < -0.3 is 9.88 Å². The van der Waals surface area contributed by atoms with Gasteiger partial charge in [-0.3, -0.25) is 0 Å². The molecule has 0 saturated heterocycles. The van der Waals surface area contributed by atoms with Gasteiger partial charge in [0.15, 0.2) is 0 Å². The molecule has 1 N–H and O–H groups in total. The van der Waals surface area contributed by atoms with Crippen molar-refractivity contribution in [3.63, 3.8) is 0 Å². The monoisotopic (exact) mass is 270 g/mol. The Morgan fingerprint density at radius 3 is 2.70 bits per heavy atom. The van der Waals surface area contributed by atoms with Crippen LogP contribution in [0.4, 0.5) is 0 Å². The maximum Gasteiger partial charge on any atom is 0.0483 e. The van der Waals surface area contributed by atoms with Crippen molar-refractivity contribution in [2.45, 2.75) is 45.6 Å². The van der Waals surface area contributed by atoms with Crippen LogP contribution in [0.5, 0.6) is 0 Å². The van der Waals surface area contributed by atoms with E-state index in [4.69, 9.17) is 0 Å². The first kappa shape index (κ1) is 13.7. The maximum atomic E-state index is 3.65. The van der Waals surface area contributed by atoms with Gasteiger partial charge >= 0.3 is 0 Å². The zero-order valence-electron chi connectivity index (χ0n) is 12.8. The lowest BCUT2D eigenvalue weighted by Gasteiger charge is -2.11. The predicted molar refractivity (Wildman–Crippen MR) is 85.9 cm³/mol. The van der Waals surface area contributed by atoms with Crippen molar-refractivity contribution < 1.29 is 0 Å². The molecule has 0 radical (unpaired) electrons. The first-order chi connectivity index (χ1) is 9.77. The molecule has 1 fully saturated rings. The zero-order valence-corrected chi connectivity index (χ0v) is 12.8. The number of nitrogens with one attached hydrogen (secondary N) is 1. The Bertz CT molecular complexity index is 537. The van der Waals surface area contributed by atoms with Crippen molar-refractivity contribution in [1.82, 2.24) is 9.88 Å². The Balaban J connectivity index is 1.62. The summed E-state index contributed by atoms with van der Waals surface area (Å²) in [4.78, 5) is 0. The molecule has 0 amide bonds. The van der Waals surface area contributed by atoms with E-state index in [0.29, 0.717) is 0 Å². The van der Waals surface area contributed by atoms with Crippen LogP contribution in [-0.4, -0.2) is 11.1 Å². The Hall–Kier alpha value is -1.28. The molecule has 108 valence electrons. The average Bonchev–Trinajstić information content (AvgIpc) is 3.06. The molecule has 2 nitrogen and oxygen atoms in total. The van der Waals surface area contributed by atoms with Gasteiger partial charge in [0.2, 0.25) is 0 Å². The molecule has 0 atom stereocenters. The van der Waals surface area contributed by atoms with Crippen LogP contribution in [0.15, 0.2) is 24.3 Å². The minimum absolute atomic E-state index is 0.982. The fourth-order valence-corrected chi connectivity index (χ4v) is 3.70. The van der Waals surface area contributed by atoms with Gasteiger partial charge in [0.1, 0.15) is 0 Å². The van der Waals surface area contributed by atoms with Crippen molar-refractivity contribution in [3.05, 3.63) is 35.5 Å². The van der Waals surface area contributed by atoms with Crippen molar-refractivity contribution in [1.29, 1.82) is 0 Å². The number of aryl methyl sites for hydroxylation is 2. The first-order valence-electron chi connectivity index (χ1n) is 8.01. The minimum atomic E-state index is 0.982. The lowest BCUT2D eigenvalue weighted by molar-refractivity contribution is 0.474. The Kier molecular flexibility index (Phi) is 4.11. The second-order valence-corrected chi connectivity index (χ2v) is 6.26. The topological polar surface area (TPSA) is 17.0 Å². The second-order valence-electron chi connectivity index (χ2n) is 6.26. The Morgan fingerprint density at radius 1 is 1.20 bits per heavy atom. The van der Waals surface area contributed by atoms with E-state index in [0.717, 1.165) is 19.0 Å². The number of aromatic nitrogens is 1. The van der Waals surface area contributed by atoms with Crippen molar-refractivity contribution in [3.8, 4) is 0 Å². The normalized spacial score (nSPS) is 16.3. The molecule has 0 aliphatic heterocycles. The lowest BCUT2D eigenvalue weighted by Crippen LogP contribution is -2.19. The fraction of sp³-hybridized carbons (Fsp3) is 0.556. The van der Waals surface area contributed by atoms with E-state index in [2.05, 4.69) is 48.1 Å². The van der Waals surface area contributed by atoms with Crippen LogP contribution in [0.2, 0.25) is 0 Å². The molecule has 2 heteroatoms. The van der Waals surface area contributed by atoms with Gasteiger partial charge in [-0.1, -0.05) is 43.9 Å². The van der Waals surface area contributed by atoms with Crippen LogP contribution in [0.3, 0.4) is 0 Å². The first-order valence-corrected chi connectivity index (χ1v) is 8.01. The van der Waals surface area contributed by atoms with E-state index < -0.39 is 0 Å². The molecule has 1 aromatic carbocycles. The van der Waals surface area contributed by atoms with E-state index in [1.54, 1.807) is 0 Å². The quantitative estimate of drug-likeness (QED) is 0.807. The Morgan fingerprint density at radius 2 is 1.95 bits per heavy atom. The highest BCUT2D eigenvalue weighted by atomic mass is 15.0. The summed E-state index contributed by atoms with van der Waals surface area (Å²) >= 11 is 0. The highest BCUT2D eigenvalue weighted by Gasteiger charge is 2.14. The van der Waals surface area contributed by atoms with Gasteiger partial charge in [0.05, 0.1) is 0 Å². The summed E-state index contributed by atoms with van der Waals surface area (Å²) in [5.41, 5.74) is 4.20. The van der Waals surface area contributed by atoms with Crippen molar-refractivity contribution >= 4 is 10.9 Å². The van der Waals surface area contributed by atoms with E-state index in [1.807, 2.05) is 0 Å². The average molecular weight is 270 g/mol. The third kappa shape index (κ3) is 2.62. The fourth-order valence-electron chi connectivity index (χ4n) is 3.70. The van der Waals surface area contributed by atoms with Gasteiger partial charge in [0.25, 0.3) is 0 Å². The van der Waals surface area contributed by atoms with Crippen LogP contribution in [0.1, 0.15) is 43.4 Å². The van der Waals surface area contributed by atoms with E-state index in [9.17, 15) is 0 Å². The highest BCUT2D eigenvalue weighted by molar-refractivity contribution is 5.85. The van der Waals surface area contributed by atoms with E-state index in [-0.39, 0.29) is 0 Å². The molecular weight excluding hydrogens is 244 g/mol. The number of benzene rings is 1. The maximum absolute atomic E-state index is 3.65. The summed E-state index contributed by atoms with van der Waals surface area (Å²) in [5, 5.41) is 5.04. The molecule has 0 bridgehead atoms. The van der Waals surface area contributed by atoms with Crippen LogP contribution in [-0.2, 0) is 13.6 Å². The standard InChI is InChI=1S/C18H26N2/c1-14-16-9-5-6-10-17(16)20(2)18(14)13-19-12-11-15-7-3-4-8-15/h5-6,9-10,15,19H,3-4,7-8,11-13H2,1-2H3. The van der Waals surface area contributed by atoms with Gasteiger partial charge in [-0.25, -0.2) is 0 Å². The molecule has 1 saturated carbocycles. The third-order valence-electron chi connectivity index (χ3n) is 5.00. The number of rotatable bonds is 5. The SMILES string of the molecule is Cc1c(CNCCC2CCCC2)n(C)c2ccccc12. The summed E-state index contributed by atoms with van der Waals surface area (Å²) in [6, 6.07) is 8.70. The molecule has 1 aliphatic rings. The summed E-state index contributed by atoms with van der Waals surface area (Å²) in [6.07, 6.45) is 7.16. The van der Waals surface area contributed by atoms with Crippen molar-refractivity contribution in [2.24, 2.45) is 13.0 Å². The van der Waals surface area contributed by atoms with E-state index in [1.165, 1.54) is 54.3 Å². The van der Waals surface area contributed by atoms with Gasteiger partial charge in [-0.05, 0) is 37.4 Å². The van der Waals surface area contributed by atoms with Gasteiger partial charge in [-0.2, -0.15) is 0 Å². The van der Waals surface area contributed by atoms with Crippen molar-refractivity contribution in [2.75, 3.05) is 6.54 Å². The number of fused-ring (bicyclic) bond motifs is 1. The predicted octanol–water partition coefficient (Wildman–Crippen LogP) is 4.16. The zero-order chi connectivity index (χ0) is 13.9. The van der Waals surface area contributed by atoms with Gasteiger partial charge in [0, 0.05) is 30.2 Å². The summed E-state index contributed by atoms with van der Waals surface area (Å²) in [7, 11) is 2.18. The molecule has 0 unspecified atom stereocenters. The lowest BCUT2D eigenvalue weighted by atomic mass is 10.0. The van der Waals surface area contributed by atoms with Crippen LogP contribution in [0, 0.1) is 12.8 Å². The molecule has 1 aliphatic carbocycles. The third-order valence-corrected chi connectivity index (χ3v) is 5.00. The minimum Gasteiger partial charge on any atom is -0.346 e. The van der Waals surface area contributed by atoms with Crippen LogP contribution >= 0.6 is 0 Å². The molecule has 3 rings (SSSR count). The summed E-state index contributed by atoms with van der Waals surface area (Å²) in [6.45, 7) is 4.39. The highest BCUT2D eigenvalue weighted by Crippen LogP contribution is 2.27. The number of nitrogens with zero attached hydrogens (tertiary/aromatic N) is 1. The largest absolute Gasteiger partial charge is 0.346 e. The summed E-state index contributed by atoms with van der Waals surface area (Å²) in [5.74, 6) is 0.982. The molecule has 20 heavy (non-hydrogen) atoms. The number of hydrogen-bond donors (Lipinski definition) is 1. The van der Waals surface area contributed by atoms with E-state index >= 15 is 0 Å². The second kappa shape index (κ2) is 6.01. The molecule has 1 heterocycles. The Labute approximate surface area is 122 Å². The van der Waals surface area contributed by atoms with Crippen LogP contribution in [0.25, 0.3) is 10.9 Å². The smallest absolute Gasteiger partial charge is 0.0483 e. The van der Waals surface area contributed by atoms with Gasteiger partial charge in [-0.15, -0.1) is 0 Å². The molecule has 0 spiro atoms. The number of para-hydroxylation sites is 1. The molecule has 2 aromatic rings. The summed E-state index contributed by atoms with van der Waals surface area (Å²) < 4.78 is 2.34. The number of hydrogen-bond acceptors (Lipinski definition) is 1.